The molecule has 0 aliphatic heterocycles. The van der Waals surface area contributed by atoms with Crippen molar-refractivity contribution >= 4 is 0 Å². The van der Waals surface area contributed by atoms with Gasteiger partial charge in [0.25, 0.3) is 0 Å². The molecule has 0 fully saturated rings. The first-order chi connectivity index (χ1) is 5.74. The van der Waals surface area contributed by atoms with E-state index < -0.39 is 0 Å². The van der Waals surface area contributed by atoms with Crippen LogP contribution in [0.15, 0.2) is 35.1 Å². The van der Waals surface area contributed by atoms with Gasteiger partial charge in [0.1, 0.15) is 0 Å². The molecule has 2 atom stereocenters. The van der Waals surface area contributed by atoms with Gasteiger partial charge in [-0.15, -0.1) is 0 Å². The molecule has 12 heavy (non-hydrogen) atoms. The van der Waals surface area contributed by atoms with E-state index in [2.05, 4.69) is 32.1 Å². The van der Waals surface area contributed by atoms with Crippen LogP contribution in [0.3, 0.4) is 0 Å². The Morgan fingerprint density at radius 3 is 2.92 bits per heavy atom. The Balaban J connectivity index is 2.22. The zero-order valence-corrected chi connectivity index (χ0v) is 7.67. The third kappa shape index (κ3) is 1.01. The summed E-state index contributed by atoms with van der Waals surface area (Å²) in [5.74, 6) is 1.18. The molecule has 2 aliphatic carbocycles. The maximum Gasteiger partial charge on any atom is 0.0421 e. The molecule has 0 saturated heterocycles. The van der Waals surface area contributed by atoms with E-state index in [0.717, 1.165) is 5.70 Å². The summed E-state index contributed by atoms with van der Waals surface area (Å²) in [4.78, 5) is 0. The van der Waals surface area contributed by atoms with Gasteiger partial charge in [-0.25, -0.2) is 0 Å². The molecule has 0 aromatic rings. The summed E-state index contributed by atoms with van der Waals surface area (Å²) in [6, 6.07) is 0. The molecule has 2 N–H and O–H groups in total. The second-order valence-corrected chi connectivity index (χ2v) is 3.70. The van der Waals surface area contributed by atoms with E-state index in [9.17, 15) is 0 Å². The Labute approximate surface area is 73.6 Å². The molecule has 0 spiro atoms. The van der Waals surface area contributed by atoms with Gasteiger partial charge in [0.15, 0.2) is 0 Å². The van der Waals surface area contributed by atoms with Gasteiger partial charge in [-0.2, -0.15) is 0 Å². The van der Waals surface area contributed by atoms with Gasteiger partial charge in [-0.3, -0.25) is 0 Å². The van der Waals surface area contributed by atoms with Crippen LogP contribution in [0.25, 0.3) is 0 Å². The molecule has 0 aromatic heterocycles. The molecular weight excluding hydrogens is 146 g/mol. The molecule has 1 heteroatoms. The van der Waals surface area contributed by atoms with Crippen molar-refractivity contribution in [1.29, 1.82) is 0 Å². The quantitative estimate of drug-likeness (QED) is 0.661. The third-order valence-corrected chi connectivity index (χ3v) is 2.86. The van der Waals surface area contributed by atoms with Crippen molar-refractivity contribution in [3.8, 4) is 0 Å². The largest absolute Gasteiger partial charge is 0.401 e. The highest BCUT2D eigenvalue weighted by Gasteiger charge is 2.33. The summed E-state index contributed by atoms with van der Waals surface area (Å²) in [6.45, 7) is 4.50. The lowest BCUT2D eigenvalue weighted by Crippen LogP contribution is -2.08. The van der Waals surface area contributed by atoms with Crippen LogP contribution in [0.5, 0.6) is 0 Å². The van der Waals surface area contributed by atoms with Crippen LogP contribution in [0.2, 0.25) is 0 Å². The van der Waals surface area contributed by atoms with Crippen LogP contribution < -0.4 is 5.73 Å². The first kappa shape index (κ1) is 7.66. The monoisotopic (exact) mass is 161 g/mol. The normalized spacial score (nSPS) is 28.2. The Morgan fingerprint density at radius 2 is 2.25 bits per heavy atom. The van der Waals surface area contributed by atoms with E-state index in [1.54, 1.807) is 0 Å². The second kappa shape index (κ2) is 2.51. The molecule has 64 valence electrons. The van der Waals surface area contributed by atoms with Gasteiger partial charge in [-0.05, 0) is 29.6 Å². The molecule has 1 unspecified atom stereocenters. The van der Waals surface area contributed by atoms with Gasteiger partial charge in [-0.1, -0.05) is 26.0 Å². The van der Waals surface area contributed by atoms with Gasteiger partial charge < -0.3 is 5.73 Å². The highest BCUT2D eigenvalue weighted by Crippen LogP contribution is 2.44. The Bertz CT molecular complexity index is 294. The van der Waals surface area contributed by atoms with Crippen molar-refractivity contribution in [3.05, 3.63) is 35.1 Å². The maximum atomic E-state index is 5.79. The summed E-state index contributed by atoms with van der Waals surface area (Å²) in [5.41, 5.74) is 9.77. The van der Waals surface area contributed by atoms with Gasteiger partial charge >= 0.3 is 0 Å². The Morgan fingerprint density at radius 1 is 1.50 bits per heavy atom. The number of fused-ring (bicyclic) bond motifs is 1. The molecule has 0 heterocycles. The number of allylic oxidation sites excluding steroid dienone is 4. The fourth-order valence-electron chi connectivity index (χ4n) is 1.74. The third-order valence-electron chi connectivity index (χ3n) is 2.86. The highest BCUT2D eigenvalue weighted by molar-refractivity contribution is 5.57. The van der Waals surface area contributed by atoms with Gasteiger partial charge in [0.05, 0.1) is 0 Å². The minimum Gasteiger partial charge on any atom is -0.401 e. The van der Waals surface area contributed by atoms with Crippen LogP contribution in [0.1, 0.15) is 20.3 Å². The summed E-state index contributed by atoms with van der Waals surface area (Å²) < 4.78 is 0. The highest BCUT2D eigenvalue weighted by atomic mass is 14.6. The molecule has 0 saturated carbocycles. The van der Waals surface area contributed by atoms with Crippen molar-refractivity contribution in [2.24, 2.45) is 17.6 Å². The number of rotatable bonds is 2. The minimum atomic E-state index is 0.499. The second-order valence-electron chi connectivity index (χ2n) is 3.70. The smallest absolute Gasteiger partial charge is 0.0421 e. The molecule has 1 nitrogen and oxygen atoms in total. The minimum absolute atomic E-state index is 0.499. The zero-order valence-electron chi connectivity index (χ0n) is 7.67. The van der Waals surface area contributed by atoms with E-state index in [1.807, 2.05) is 0 Å². The van der Waals surface area contributed by atoms with E-state index in [-0.39, 0.29) is 0 Å². The number of hydrogen-bond donors (Lipinski definition) is 1. The van der Waals surface area contributed by atoms with E-state index >= 15 is 0 Å². The fourth-order valence-corrected chi connectivity index (χ4v) is 1.74. The molecule has 0 aromatic carbocycles. The van der Waals surface area contributed by atoms with Crippen molar-refractivity contribution < 1.29 is 0 Å². The van der Waals surface area contributed by atoms with E-state index in [4.69, 9.17) is 5.73 Å². The summed E-state index contributed by atoms with van der Waals surface area (Å²) in [7, 11) is 0. The summed E-state index contributed by atoms with van der Waals surface area (Å²) in [5, 5.41) is 0. The lowest BCUT2D eigenvalue weighted by molar-refractivity contribution is 0.658. The number of nitrogens with two attached hydrogens (primary N) is 1. The van der Waals surface area contributed by atoms with Crippen LogP contribution in [-0.2, 0) is 0 Å². The molecule has 0 bridgehead atoms. The van der Waals surface area contributed by atoms with Crippen LogP contribution in [-0.4, -0.2) is 0 Å². The van der Waals surface area contributed by atoms with E-state index in [1.165, 1.54) is 17.6 Å². The van der Waals surface area contributed by atoms with Crippen LogP contribution in [0.4, 0.5) is 0 Å². The van der Waals surface area contributed by atoms with Crippen molar-refractivity contribution in [1.82, 2.24) is 0 Å². The standard InChI is InChI=1S/C11H15N/c1-3-7(2)8-4-5-11(12)10-6-9(8)10/h4-7,10H,3,12H2,1-2H3/t7-,10?/m1/s1. The average Bonchev–Trinajstić information content (AvgIpc) is 2.84. The molecule has 0 radical (unpaired) electrons. The first-order valence-electron chi connectivity index (χ1n) is 4.63. The summed E-state index contributed by atoms with van der Waals surface area (Å²) in [6.07, 6.45) is 7.71. The van der Waals surface area contributed by atoms with Crippen molar-refractivity contribution in [2.45, 2.75) is 20.3 Å². The maximum absolute atomic E-state index is 5.79. The number of hydrogen-bond acceptors (Lipinski definition) is 1. The van der Waals surface area contributed by atoms with E-state index in [0.29, 0.717) is 11.8 Å². The molecule has 2 aliphatic rings. The van der Waals surface area contributed by atoms with Crippen molar-refractivity contribution in [2.75, 3.05) is 0 Å². The van der Waals surface area contributed by atoms with Gasteiger partial charge in [0.2, 0.25) is 0 Å². The molecular formula is C11H15N. The Hall–Kier alpha value is -0.980. The van der Waals surface area contributed by atoms with Gasteiger partial charge in [0, 0.05) is 11.6 Å². The lowest BCUT2D eigenvalue weighted by Gasteiger charge is -2.15. The summed E-state index contributed by atoms with van der Waals surface area (Å²) >= 11 is 0. The van der Waals surface area contributed by atoms with Crippen LogP contribution in [0, 0.1) is 11.8 Å². The SMILES string of the molecule is CC[C@@H](C)C1=CC=C(N)C2C=C12. The molecule has 0 amide bonds. The predicted octanol–water partition coefficient (Wildman–Crippen LogP) is 2.37. The van der Waals surface area contributed by atoms with Crippen molar-refractivity contribution in [3.63, 3.8) is 0 Å². The Kier molecular flexibility index (Phi) is 1.60. The van der Waals surface area contributed by atoms with Crippen LogP contribution >= 0.6 is 0 Å². The topological polar surface area (TPSA) is 26.0 Å². The lowest BCUT2D eigenvalue weighted by atomic mass is 9.91. The first-order valence-corrected chi connectivity index (χ1v) is 4.63. The molecule has 2 rings (SSSR count). The predicted molar refractivity (Wildman–Crippen MR) is 51.4 cm³/mol. The fraction of sp³-hybridized carbons (Fsp3) is 0.455. The zero-order chi connectivity index (χ0) is 8.72. The average molecular weight is 161 g/mol.